The van der Waals surface area contributed by atoms with Crippen LogP contribution in [0, 0.1) is 0 Å². The fraction of sp³-hybridized carbons (Fsp3) is 0.278. The predicted molar refractivity (Wildman–Crippen MR) is 86.8 cm³/mol. The summed E-state index contributed by atoms with van der Waals surface area (Å²) in [6, 6.07) is 13.4. The highest BCUT2D eigenvalue weighted by Gasteiger charge is 2.30. The van der Waals surface area contributed by atoms with Crippen molar-refractivity contribution in [2.45, 2.75) is 18.9 Å². The number of carbonyl (C=O) groups excluding carboxylic acids is 2. The second-order valence-electron chi connectivity index (χ2n) is 5.69. The fourth-order valence-electron chi connectivity index (χ4n) is 2.76. The molecule has 1 aliphatic heterocycles. The van der Waals surface area contributed by atoms with Crippen molar-refractivity contribution in [2.75, 3.05) is 13.1 Å². The lowest BCUT2D eigenvalue weighted by Crippen LogP contribution is -2.37. The summed E-state index contributed by atoms with van der Waals surface area (Å²) in [5, 5.41) is 2.91. The molecule has 2 amide bonds. The van der Waals surface area contributed by atoms with Crippen molar-refractivity contribution in [3.63, 3.8) is 0 Å². The molecule has 5 nitrogen and oxygen atoms in total. The molecule has 1 atom stereocenters. The van der Waals surface area contributed by atoms with Crippen LogP contribution in [0.4, 0.5) is 0 Å². The van der Waals surface area contributed by atoms with Crippen LogP contribution in [0.3, 0.4) is 0 Å². The average molecular weight is 309 g/mol. The Balaban J connectivity index is 1.52. The maximum absolute atomic E-state index is 12.1. The molecule has 1 fully saturated rings. The predicted octanol–water partition coefficient (Wildman–Crippen LogP) is 1.65. The first-order chi connectivity index (χ1) is 11.2. The van der Waals surface area contributed by atoms with Crippen LogP contribution in [-0.4, -0.2) is 40.8 Å². The molecule has 118 valence electrons. The van der Waals surface area contributed by atoms with Gasteiger partial charge in [0.2, 0.25) is 5.91 Å². The maximum atomic E-state index is 12.1. The molecule has 23 heavy (non-hydrogen) atoms. The number of benzene rings is 1. The Morgan fingerprint density at radius 3 is 2.78 bits per heavy atom. The Kier molecular flexibility index (Phi) is 4.66. The Hall–Kier alpha value is -2.69. The lowest BCUT2D eigenvalue weighted by molar-refractivity contribution is -0.127. The van der Waals surface area contributed by atoms with E-state index < -0.39 is 0 Å². The summed E-state index contributed by atoms with van der Waals surface area (Å²) >= 11 is 0. The molecule has 0 radical (unpaired) electrons. The van der Waals surface area contributed by atoms with E-state index in [0.717, 1.165) is 6.42 Å². The zero-order valence-electron chi connectivity index (χ0n) is 12.8. The number of pyridine rings is 1. The second-order valence-corrected chi connectivity index (χ2v) is 5.69. The first-order valence-corrected chi connectivity index (χ1v) is 7.75. The highest BCUT2D eigenvalue weighted by atomic mass is 16.2. The number of hydrogen-bond acceptors (Lipinski definition) is 3. The minimum atomic E-state index is -0.180. The molecule has 0 unspecified atom stereocenters. The molecule has 5 heteroatoms. The number of hydrogen-bond donors (Lipinski definition) is 1. The Bertz CT molecular complexity index is 673. The van der Waals surface area contributed by atoms with Gasteiger partial charge in [0.05, 0.1) is 11.6 Å². The summed E-state index contributed by atoms with van der Waals surface area (Å²) < 4.78 is 0. The van der Waals surface area contributed by atoms with Gasteiger partial charge in [0.15, 0.2) is 0 Å². The molecule has 0 aliphatic carbocycles. The van der Waals surface area contributed by atoms with Crippen LogP contribution in [0.2, 0.25) is 0 Å². The third kappa shape index (κ3) is 3.94. The van der Waals surface area contributed by atoms with E-state index in [0.29, 0.717) is 25.1 Å². The van der Waals surface area contributed by atoms with Gasteiger partial charge in [0.1, 0.15) is 0 Å². The molecule has 1 aliphatic rings. The van der Waals surface area contributed by atoms with Crippen molar-refractivity contribution in [3.8, 4) is 0 Å². The fourth-order valence-corrected chi connectivity index (χ4v) is 2.76. The topological polar surface area (TPSA) is 62.3 Å². The van der Waals surface area contributed by atoms with E-state index in [1.165, 1.54) is 11.8 Å². The van der Waals surface area contributed by atoms with E-state index in [9.17, 15) is 9.59 Å². The minimum absolute atomic E-state index is 0.0948. The van der Waals surface area contributed by atoms with Crippen LogP contribution in [0.15, 0.2) is 54.9 Å². The second kappa shape index (κ2) is 7.05. The molecular weight excluding hydrogens is 290 g/mol. The van der Waals surface area contributed by atoms with Crippen LogP contribution < -0.4 is 5.32 Å². The van der Waals surface area contributed by atoms with Crippen LogP contribution >= 0.6 is 0 Å². The first-order valence-electron chi connectivity index (χ1n) is 7.75. The molecule has 0 saturated carbocycles. The molecule has 1 aromatic heterocycles. The third-order valence-electron chi connectivity index (χ3n) is 3.99. The standard InChI is InChI=1S/C18H19N3O2/c22-17-11-16(20-18(23)15-7-4-9-19-12-15)13-21(17)10-8-14-5-2-1-3-6-14/h1-7,9,12,16H,8,10-11,13H2,(H,20,23)/t16-/m0/s1. The van der Waals surface area contributed by atoms with Crippen LogP contribution in [0.1, 0.15) is 22.3 Å². The highest BCUT2D eigenvalue weighted by molar-refractivity contribution is 5.94. The van der Waals surface area contributed by atoms with Gasteiger partial charge in [-0.1, -0.05) is 30.3 Å². The summed E-state index contributed by atoms with van der Waals surface area (Å²) in [4.78, 5) is 30.0. The van der Waals surface area contributed by atoms with E-state index in [-0.39, 0.29) is 17.9 Å². The van der Waals surface area contributed by atoms with Gasteiger partial charge >= 0.3 is 0 Å². The van der Waals surface area contributed by atoms with Crippen LogP contribution in [0.25, 0.3) is 0 Å². The quantitative estimate of drug-likeness (QED) is 0.913. The smallest absolute Gasteiger partial charge is 0.253 e. The molecule has 0 spiro atoms. The largest absolute Gasteiger partial charge is 0.347 e. The maximum Gasteiger partial charge on any atom is 0.253 e. The number of rotatable bonds is 5. The van der Waals surface area contributed by atoms with E-state index in [1.54, 1.807) is 18.3 Å². The summed E-state index contributed by atoms with van der Waals surface area (Å²) in [5.74, 6) is -0.0850. The molecular formula is C18H19N3O2. The van der Waals surface area contributed by atoms with Gasteiger partial charge in [0.25, 0.3) is 5.91 Å². The van der Waals surface area contributed by atoms with Crippen molar-refractivity contribution < 1.29 is 9.59 Å². The number of likely N-dealkylation sites (tertiary alicyclic amines) is 1. The van der Waals surface area contributed by atoms with Crippen molar-refractivity contribution in [1.82, 2.24) is 15.2 Å². The van der Waals surface area contributed by atoms with Crippen molar-refractivity contribution >= 4 is 11.8 Å². The number of carbonyl (C=O) groups is 2. The van der Waals surface area contributed by atoms with Gasteiger partial charge in [0, 0.05) is 31.9 Å². The van der Waals surface area contributed by atoms with Gasteiger partial charge in [-0.05, 0) is 24.1 Å². The first kappa shape index (κ1) is 15.2. The zero-order chi connectivity index (χ0) is 16.1. The Morgan fingerprint density at radius 2 is 2.04 bits per heavy atom. The zero-order valence-corrected chi connectivity index (χ0v) is 12.8. The van der Waals surface area contributed by atoms with Crippen LogP contribution in [-0.2, 0) is 11.2 Å². The van der Waals surface area contributed by atoms with Gasteiger partial charge < -0.3 is 10.2 Å². The minimum Gasteiger partial charge on any atom is -0.347 e. The lowest BCUT2D eigenvalue weighted by Gasteiger charge is -2.17. The molecule has 1 saturated heterocycles. The molecule has 2 aromatic rings. The van der Waals surface area contributed by atoms with Gasteiger partial charge in [-0.3, -0.25) is 14.6 Å². The molecule has 1 N–H and O–H groups in total. The molecule has 1 aromatic carbocycles. The highest BCUT2D eigenvalue weighted by Crippen LogP contribution is 2.13. The number of nitrogens with zero attached hydrogens (tertiary/aromatic N) is 2. The van der Waals surface area contributed by atoms with Crippen molar-refractivity contribution in [3.05, 3.63) is 66.0 Å². The summed E-state index contributed by atoms with van der Waals surface area (Å²) in [6.07, 6.45) is 4.34. The molecule has 0 bridgehead atoms. The Labute approximate surface area is 135 Å². The van der Waals surface area contributed by atoms with E-state index in [2.05, 4.69) is 22.4 Å². The Morgan fingerprint density at radius 1 is 1.22 bits per heavy atom. The summed E-state index contributed by atoms with van der Waals surface area (Å²) in [5.41, 5.74) is 1.73. The SMILES string of the molecule is O=C(N[C@H]1CC(=O)N(CCc2ccccc2)C1)c1cccnc1. The van der Waals surface area contributed by atoms with E-state index >= 15 is 0 Å². The van der Waals surface area contributed by atoms with Crippen molar-refractivity contribution in [2.24, 2.45) is 0 Å². The lowest BCUT2D eigenvalue weighted by atomic mass is 10.1. The molecule has 2 heterocycles. The van der Waals surface area contributed by atoms with E-state index in [1.807, 2.05) is 23.1 Å². The number of amides is 2. The van der Waals surface area contributed by atoms with Gasteiger partial charge in [-0.25, -0.2) is 0 Å². The molecule has 3 rings (SSSR count). The summed E-state index contributed by atoms with van der Waals surface area (Å²) in [7, 11) is 0. The number of nitrogens with one attached hydrogen (secondary N) is 1. The van der Waals surface area contributed by atoms with E-state index in [4.69, 9.17) is 0 Å². The van der Waals surface area contributed by atoms with Crippen molar-refractivity contribution in [1.29, 1.82) is 0 Å². The third-order valence-corrected chi connectivity index (χ3v) is 3.99. The van der Waals surface area contributed by atoms with Gasteiger partial charge in [-0.15, -0.1) is 0 Å². The normalized spacial score (nSPS) is 17.3. The summed E-state index contributed by atoms with van der Waals surface area (Å²) in [6.45, 7) is 1.25. The van der Waals surface area contributed by atoms with Crippen LogP contribution in [0.5, 0.6) is 0 Å². The van der Waals surface area contributed by atoms with Gasteiger partial charge in [-0.2, -0.15) is 0 Å². The average Bonchev–Trinajstić information content (AvgIpc) is 2.94. The monoisotopic (exact) mass is 309 g/mol. The number of aromatic nitrogens is 1.